The van der Waals surface area contributed by atoms with E-state index in [9.17, 15) is 4.79 Å². The number of aromatic nitrogens is 2. The molecule has 21 heavy (non-hydrogen) atoms. The highest BCUT2D eigenvalue weighted by molar-refractivity contribution is 9.10. The van der Waals surface area contributed by atoms with Crippen molar-refractivity contribution in [3.8, 4) is 17.0 Å². The summed E-state index contributed by atoms with van der Waals surface area (Å²) in [6.45, 7) is 4.09. The molecule has 1 aliphatic heterocycles. The molecule has 0 saturated carbocycles. The number of fused-ring (bicyclic) bond motifs is 1. The molecule has 2 heterocycles. The third-order valence-corrected chi connectivity index (χ3v) is 4.10. The lowest BCUT2D eigenvalue weighted by Gasteiger charge is -2.17. The molecule has 0 unspecified atom stereocenters. The van der Waals surface area contributed by atoms with E-state index in [1.54, 1.807) is 17.8 Å². The van der Waals surface area contributed by atoms with Crippen molar-refractivity contribution in [1.82, 2.24) is 9.78 Å². The topological polar surface area (TPSA) is 64.4 Å². The molecular formula is C15H15BrN2O3. The molecule has 1 aromatic carbocycles. The highest BCUT2D eigenvalue weighted by atomic mass is 79.9. The van der Waals surface area contributed by atoms with Crippen LogP contribution >= 0.6 is 15.9 Å². The summed E-state index contributed by atoms with van der Waals surface area (Å²) in [6, 6.07) is 5.55. The summed E-state index contributed by atoms with van der Waals surface area (Å²) in [6.07, 6.45) is 0.818. The van der Waals surface area contributed by atoms with E-state index >= 15 is 0 Å². The van der Waals surface area contributed by atoms with Gasteiger partial charge in [0.05, 0.1) is 10.2 Å². The SMILES string of the molecule is Cn1nc(C(=O)O)cc1-c1cc(Br)c2c(c1)CC(C)(C)O2. The van der Waals surface area contributed by atoms with E-state index < -0.39 is 5.97 Å². The number of ether oxygens (including phenoxy) is 1. The van der Waals surface area contributed by atoms with Crippen LogP contribution in [0.5, 0.6) is 5.75 Å². The summed E-state index contributed by atoms with van der Waals surface area (Å²) in [5.41, 5.74) is 2.62. The number of hydrogen-bond acceptors (Lipinski definition) is 3. The van der Waals surface area contributed by atoms with Gasteiger partial charge in [-0.2, -0.15) is 5.10 Å². The zero-order valence-corrected chi connectivity index (χ0v) is 13.6. The van der Waals surface area contributed by atoms with Crippen molar-refractivity contribution in [2.75, 3.05) is 0 Å². The van der Waals surface area contributed by atoms with Gasteiger partial charge in [-0.05, 0) is 53.5 Å². The second-order valence-electron chi connectivity index (χ2n) is 5.83. The largest absolute Gasteiger partial charge is 0.486 e. The van der Waals surface area contributed by atoms with Crippen LogP contribution in [0.1, 0.15) is 29.9 Å². The highest BCUT2D eigenvalue weighted by Crippen LogP contribution is 2.42. The molecule has 5 nitrogen and oxygen atoms in total. The fourth-order valence-electron chi connectivity index (χ4n) is 2.66. The number of rotatable bonds is 2. The second-order valence-corrected chi connectivity index (χ2v) is 6.68. The molecule has 3 rings (SSSR count). The standard InChI is InChI=1S/C15H15BrN2O3/c1-15(2)7-9-4-8(5-10(16)13(9)21-15)12-6-11(14(19)20)17-18(12)3/h4-6H,7H2,1-3H3,(H,19,20). The first kappa shape index (κ1) is 14.1. The third-order valence-electron chi connectivity index (χ3n) is 3.51. The number of aromatic carboxylic acids is 1. The van der Waals surface area contributed by atoms with E-state index in [0.29, 0.717) is 0 Å². The first-order valence-corrected chi connectivity index (χ1v) is 7.35. The smallest absolute Gasteiger partial charge is 0.356 e. The quantitative estimate of drug-likeness (QED) is 0.902. The predicted octanol–water partition coefficient (Wildman–Crippen LogP) is 3.26. The van der Waals surface area contributed by atoms with Crippen molar-refractivity contribution in [3.05, 3.63) is 33.9 Å². The summed E-state index contributed by atoms with van der Waals surface area (Å²) in [7, 11) is 1.74. The molecule has 0 fully saturated rings. The van der Waals surface area contributed by atoms with Gasteiger partial charge in [-0.25, -0.2) is 4.79 Å². The number of carbonyl (C=O) groups is 1. The Morgan fingerprint density at radius 1 is 1.43 bits per heavy atom. The second kappa shape index (κ2) is 4.59. The van der Waals surface area contributed by atoms with Crippen LogP contribution in [0, 0.1) is 0 Å². The highest BCUT2D eigenvalue weighted by Gasteiger charge is 2.32. The van der Waals surface area contributed by atoms with Gasteiger partial charge in [0.1, 0.15) is 11.4 Å². The van der Waals surface area contributed by atoms with Gasteiger partial charge < -0.3 is 9.84 Å². The molecule has 0 amide bonds. The maximum Gasteiger partial charge on any atom is 0.356 e. The number of hydrogen-bond donors (Lipinski definition) is 1. The fourth-order valence-corrected chi connectivity index (χ4v) is 3.24. The van der Waals surface area contributed by atoms with Crippen LogP contribution in [0.4, 0.5) is 0 Å². The van der Waals surface area contributed by atoms with Gasteiger partial charge in [-0.3, -0.25) is 4.68 Å². The molecule has 1 aromatic heterocycles. The zero-order valence-electron chi connectivity index (χ0n) is 12.0. The molecule has 1 aliphatic rings. The van der Waals surface area contributed by atoms with Gasteiger partial charge in [0, 0.05) is 19.0 Å². The zero-order chi connectivity index (χ0) is 15.4. The van der Waals surface area contributed by atoms with Gasteiger partial charge in [0.2, 0.25) is 0 Å². The molecule has 0 spiro atoms. The Balaban J connectivity index is 2.10. The van der Waals surface area contributed by atoms with Gasteiger partial charge in [-0.1, -0.05) is 0 Å². The maximum atomic E-state index is 11.0. The summed E-state index contributed by atoms with van der Waals surface area (Å²) >= 11 is 3.54. The van der Waals surface area contributed by atoms with Gasteiger partial charge in [0.15, 0.2) is 5.69 Å². The first-order chi connectivity index (χ1) is 9.77. The number of halogens is 1. The normalized spacial score (nSPS) is 15.6. The van der Waals surface area contributed by atoms with Crippen LogP contribution in [-0.2, 0) is 13.5 Å². The van der Waals surface area contributed by atoms with E-state index in [1.807, 2.05) is 26.0 Å². The summed E-state index contributed by atoms with van der Waals surface area (Å²) in [5.74, 6) is -0.161. The van der Waals surface area contributed by atoms with Crippen molar-refractivity contribution in [2.24, 2.45) is 7.05 Å². The average Bonchev–Trinajstić information content (AvgIpc) is 2.88. The van der Waals surface area contributed by atoms with Crippen LogP contribution in [0.2, 0.25) is 0 Å². The van der Waals surface area contributed by atoms with Crippen molar-refractivity contribution < 1.29 is 14.6 Å². The summed E-state index contributed by atoms with van der Waals surface area (Å²) in [4.78, 5) is 11.0. The minimum atomic E-state index is -1.03. The van der Waals surface area contributed by atoms with E-state index in [1.165, 1.54) is 0 Å². The van der Waals surface area contributed by atoms with Crippen LogP contribution in [0.15, 0.2) is 22.7 Å². The first-order valence-electron chi connectivity index (χ1n) is 6.56. The molecule has 0 bridgehead atoms. The number of aryl methyl sites for hydroxylation is 1. The Morgan fingerprint density at radius 2 is 2.14 bits per heavy atom. The number of carboxylic acids is 1. The summed E-state index contributed by atoms with van der Waals surface area (Å²) < 4.78 is 8.38. The molecule has 0 aliphatic carbocycles. The van der Waals surface area contributed by atoms with Gasteiger partial charge >= 0.3 is 5.97 Å². The Bertz CT molecular complexity index is 750. The lowest BCUT2D eigenvalue weighted by atomic mass is 9.99. The predicted molar refractivity (Wildman–Crippen MR) is 81.7 cm³/mol. The lowest BCUT2D eigenvalue weighted by molar-refractivity contribution is 0.0689. The van der Waals surface area contributed by atoms with E-state index in [0.717, 1.165) is 33.5 Å². The fraction of sp³-hybridized carbons (Fsp3) is 0.333. The van der Waals surface area contributed by atoms with Crippen LogP contribution in [-0.4, -0.2) is 26.5 Å². The summed E-state index contributed by atoms with van der Waals surface area (Å²) in [5, 5.41) is 13.1. The van der Waals surface area contributed by atoms with Crippen molar-refractivity contribution >= 4 is 21.9 Å². The van der Waals surface area contributed by atoms with Crippen LogP contribution in [0.25, 0.3) is 11.3 Å². The molecule has 6 heteroatoms. The number of carboxylic acid groups (broad SMARTS) is 1. The minimum absolute atomic E-state index is 0.0423. The molecule has 0 radical (unpaired) electrons. The monoisotopic (exact) mass is 350 g/mol. The molecule has 0 saturated heterocycles. The van der Waals surface area contributed by atoms with Crippen LogP contribution < -0.4 is 4.74 Å². The van der Waals surface area contributed by atoms with Crippen LogP contribution in [0.3, 0.4) is 0 Å². The average molecular weight is 351 g/mol. The molecule has 110 valence electrons. The number of benzene rings is 1. The minimum Gasteiger partial charge on any atom is -0.486 e. The molecule has 1 N–H and O–H groups in total. The van der Waals surface area contributed by atoms with Gasteiger partial charge in [0.25, 0.3) is 0 Å². The van der Waals surface area contributed by atoms with Crippen molar-refractivity contribution in [2.45, 2.75) is 25.9 Å². The molecule has 0 atom stereocenters. The third kappa shape index (κ3) is 2.44. The Hall–Kier alpha value is -1.82. The maximum absolute atomic E-state index is 11.0. The Labute approximate surface area is 130 Å². The Kier molecular flexibility index (Phi) is 3.09. The van der Waals surface area contributed by atoms with E-state index in [2.05, 4.69) is 21.0 Å². The van der Waals surface area contributed by atoms with Crippen molar-refractivity contribution in [3.63, 3.8) is 0 Å². The van der Waals surface area contributed by atoms with Crippen molar-refractivity contribution in [1.29, 1.82) is 0 Å². The molecule has 2 aromatic rings. The Morgan fingerprint density at radius 3 is 2.76 bits per heavy atom. The van der Waals surface area contributed by atoms with E-state index in [4.69, 9.17) is 9.84 Å². The number of nitrogens with zero attached hydrogens (tertiary/aromatic N) is 2. The van der Waals surface area contributed by atoms with Gasteiger partial charge in [-0.15, -0.1) is 0 Å². The lowest BCUT2D eigenvalue weighted by Crippen LogP contribution is -2.24. The van der Waals surface area contributed by atoms with E-state index in [-0.39, 0.29) is 11.3 Å². The molecular weight excluding hydrogens is 336 g/mol.